The van der Waals surface area contributed by atoms with Gasteiger partial charge in [-0.3, -0.25) is 9.59 Å². The fourth-order valence-corrected chi connectivity index (χ4v) is 2.18. The van der Waals surface area contributed by atoms with Gasteiger partial charge in [-0.25, -0.2) is 0 Å². The van der Waals surface area contributed by atoms with Gasteiger partial charge in [0, 0.05) is 19.5 Å². The van der Waals surface area contributed by atoms with E-state index in [1.54, 1.807) is 4.90 Å². The number of benzene rings is 1. The molecule has 0 aromatic heterocycles. The molecule has 5 nitrogen and oxygen atoms in total. The molecule has 1 heterocycles. The number of nitrogens with zero attached hydrogens (tertiary/aromatic N) is 1. The first-order valence-corrected chi connectivity index (χ1v) is 7.28. The number of hydrogen-bond acceptors (Lipinski definition) is 3. The molecule has 0 spiro atoms. The van der Waals surface area contributed by atoms with Crippen molar-refractivity contribution in [3.05, 3.63) is 23.8 Å². The summed E-state index contributed by atoms with van der Waals surface area (Å²) in [5, 5.41) is 2.86. The molecule has 0 fully saturated rings. The van der Waals surface area contributed by atoms with Crippen LogP contribution in [0.25, 0.3) is 0 Å². The highest BCUT2D eigenvalue weighted by Crippen LogP contribution is 2.32. The average molecular weight is 290 g/mol. The Labute approximate surface area is 125 Å². The standard InChI is InChI=1S/C16H22N2O3/c1-11(2)9-17-15(19)6-7-18-13-5-4-12(3)8-14(13)21-10-16(18)20/h4-5,8,11H,6-7,9-10H2,1-3H3,(H,17,19). The van der Waals surface area contributed by atoms with E-state index in [2.05, 4.69) is 5.32 Å². The van der Waals surface area contributed by atoms with Gasteiger partial charge in [-0.1, -0.05) is 19.9 Å². The van der Waals surface area contributed by atoms with E-state index in [0.717, 1.165) is 11.3 Å². The maximum Gasteiger partial charge on any atom is 0.265 e. The summed E-state index contributed by atoms with van der Waals surface area (Å²) in [4.78, 5) is 25.4. The molecule has 0 bridgehead atoms. The highest BCUT2D eigenvalue weighted by atomic mass is 16.5. The van der Waals surface area contributed by atoms with Crippen LogP contribution in [0.5, 0.6) is 5.75 Å². The summed E-state index contributed by atoms with van der Waals surface area (Å²) < 4.78 is 5.44. The molecule has 2 rings (SSSR count). The number of aryl methyl sites for hydroxylation is 1. The quantitative estimate of drug-likeness (QED) is 0.901. The number of anilines is 1. The lowest BCUT2D eigenvalue weighted by Crippen LogP contribution is -2.41. The first-order chi connectivity index (χ1) is 9.97. The molecule has 114 valence electrons. The molecular weight excluding hydrogens is 268 g/mol. The van der Waals surface area contributed by atoms with Gasteiger partial charge in [0.1, 0.15) is 5.75 Å². The van der Waals surface area contributed by atoms with Crippen molar-refractivity contribution in [2.75, 3.05) is 24.6 Å². The molecule has 0 unspecified atom stereocenters. The monoisotopic (exact) mass is 290 g/mol. The highest BCUT2D eigenvalue weighted by molar-refractivity contribution is 5.98. The number of ether oxygens (including phenoxy) is 1. The first kappa shape index (κ1) is 15.4. The van der Waals surface area contributed by atoms with Crippen LogP contribution < -0.4 is 15.0 Å². The maximum absolute atomic E-state index is 12.0. The van der Waals surface area contributed by atoms with Gasteiger partial charge in [0.15, 0.2) is 6.61 Å². The minimum absolute atomic E-state index is 0.0309. The summed E-state index contributed by atoms with van der Waals surface area (Å²) in [6.45, 7) is 7.14. The molecule has 0 aliphatic carbocycles. The summed E-state index contributed by atoms with van der Waals surface area (Å²) in [5.41, 5.74) is 1.83. The van der Waals surface area contributed by atoms with Crippen LogP contribution in [0, 0.1) is 12.8 Å². The van der Waals surface area contributed by atoms with Crippen molar-refractivity contribution in [1.82, 2.24) is 5.32 Å². The zero-order valence-corrected chi connectivity index (χ0v) is 12.8. The van der Waals surface area contributed by atoms with Crippen molar-refractivity contribution >= 4 is 17.5 Å². The maximum atomic E-state index is 12.0. The van der Waals surface area contributed by atoms with Crippen LogP contribution in [0.3, 0.4) is 0 Å². The first-order valence-electron chi connectivity index (χ1n) is 7.28. The molecule has 1 aliphatic rings. The molecule has 0 radical (unpaired) electrons. The lowest BCUT2D eigenvalue weighted by molar-refractivity contribution is -0.122. The van der Waals surface area contributed by atoms with Crippen molar-refractivity contribution in [3.8, 4) is 5.75 Å². The Morgan fingerprint density at radius 2 is 2.19 bits per heavy atom. The molecule has 1 N–H and O–H groups in total. The summed E-state index contributed by atoms with van der Waals surface area (Å²) in [6, 6.07) is 5.72. The average Bonchev–Trinajstić information content (AvgIpc) is 2.44. The van der Waals surface area contributed by atoms with Gasteiger partial charge in [0.05, 0.1) is 5.69 Å². The fourth-order valence-electron chi connectivity index (χ4n) is 2.18. The molecule has 0 atom stereocenters. The fraction of sp³-hybridized carbons (Fsp3) is 0.500. The lowest BCUT2D eigenvalue weighted by Gasteiger charge is -2.29. The van der Waals surface area contributed by atoms with Gasteiger partial charge >= 0.3 is 0 Å². The van der Waals surface area contributed by atoms with E-state index in [0.29, 0.717) is 31.2 Å². The van der Waals surface area contributed by atoms with E-state index in [1.807, 2.05) is 39.0 Å². The predicted octanol–water partition coefficient (Wildman–Crippen LogP) is 1.88. The molecular formula is C16H22N2O3. The van der Waals surface area contributed by atoms with E-state index < -0.39 is 0 Å². The highest BCUT2D eigenvalue weighted by Gasteiger charge is 2.25. The van der Waals surface area contributed by atoms with Crippen LogP contribution in [0.1, 0.15) is 25.8 Å². The van der Waals surface area contributed by atoms with E-state index in [1.165, 1.54) is 0 Å². The van der Waals surface area contributed by atoms with Crippen molar-refractivity contribution in [1.29, 1.82) is 0 Å². The predicted molar refractivity (Wildman–Crippen MR) is 81.5 cm³/mol. The van der Waals surface area contributed by atoms with E-state index in [4.69, 9.17) is 4.74 Å². The van der Waals surface area contributed by atoms with E-state index in [9.17, 15) is 9.59 Å². The third-order valence-corrected chi connectivity index (χ3v) is 3.33. The lowest BCUT2D eigenvalue weighted by atomic mass is 10.1. The molecule has 2 amide bonds. The summed E-state index contributed by atoms with van der Waals surface area (Å²) in [6.07, 6.45) is 0.297. The normalized spacial score (nSPS) is 13.9. The summed E-state index contributed by atoms with van der Waals surface area (Å²) >= 11 is 0. The van der Waals surface area contributed by atoms with Crippen LogP contribution in [-0.4, -0.2) is 31.5 Å². The van der Waals surface area contributed by atoms with Gasteiger partial charge in [0.25, 0.3) is 5.91 Å². The van der Waals surface area contributed by atoms with Gasteiger partial charge in [-0.15, -0.1) is 0 Å². The zero-order chi connectivity index (χ0) is 15.4. The van der Waals surface area contributed by atoms with Crippen LogP contribution in [0.15, 0.2) is 18.2 Å². The van der Waals surface area contributed by atoms with Crippen LogP contribution in [0.2, 0.25) is 0 Å². The Balaban J connectivity index is 2.00. The number of amides is 2. The molecule has 5 heteroatoms. The number of hydrogen-bond donors (Lipinski definition) is 1. The SMILES string of the molecule is Cc1ccc2c(c1)OCC(=O)N2CCC(=O)NCC(C)C. The Hall–Kier alpha value is -2.04. The number of fused-ring (bicyclic) bond motifs is 1. The minimum Gasteiger partial charge on any atom is -0.482 e. The van der Waals surface area contributed by atoms with Gasteiger partial charge in [0.2, 0.25) is 5.91 Å². The number of rotatable bonds is 5. The van der Waals surface area contributed by atoms with Gasteiger partial charge < -0.3 is 15.0 Å². The second-order valence-corrected chi connectivity index (χ2v) is 5.75. The molecule has 1 aromatic rings. The minimum atomic E-state index is -0.108. The smallest absolute Gasteiger partial charge is 0.265 e. The summed E-state index contributed by atoms with van der Waals surface area (Å²) in [5.74, 6) is 0.986. The van der Waals surface area contributed by atoms with Crippen molar-refractivity contribution in [2.45, 2.75) is 27.2 Å². The van der Waals surface area contributed by atoms with Gasteiger partial charge in [-0.05, 0) is 30.5 Å². The van der Waals surface area contributed by atoms with Crippen LogP contribution in [-0.2, 0) is 9.59 Å². The third-order valence-electron chi connectivity index (χ3n) is 3.33. The molecule has 0 saturated carbocycles. The molecule has 21 heavy (non-hydrogen) atoms. The zero-order valence-electron chi connectivity index (χ0n) is 12.8. The number of carbonyl (C=O) groups is 2. The van der Waals surface area contributed by atoms with Crippen molar-refractivity contribution < 1.29 is 14.3 Å². The third kappa shape index (κ3) is 3.97. The molecule has 1 aromatic carbocycles. The van der Waals surface area contributed by atoms with E-state index >= 15 is 0 Å². The number of carbonyl (C=O) groups excluding carboxylic acids is 2. The second kappa shape index (κ2) is 6.61. The van der Waals surface area contributed by atoms with Gasteiger partial charge in [-0.2, -0.15) is 0 Å². The van der Waals surface area contributed by atoms with Crippen LogP contribution in [0.4, 0.5) is 5.69 Å². The Kier molecular flexibility index (Phi) is 4.83. The Morgan fingerprint density at radius 3 is 2.90 bits per heavy atom. The molecule has 0 saturated heterocycles. The van der Waals surface area contributed by atoms with E-state index in [-0.39, 0.29) is 18.4 Å². The Bertz CT molecular complexity index is 540. The van der Waals surface area contributed by atoms with Crippen molar-refractivity contribution in [3.63, 3.8) is 0 Å². The summed E-state index contributed by atoms with van der Waals surface area (Å²) in [7, 11) is 0. The van der Waals surface area contributed by atoms with Crippen LogP contribution >= 0.6 is 0 Å². The topological polar surface area (TPSA) is 58.6 Å². The Morgan fingerprint density at radius 1 is 1.43 bits per heavy atom. The largest absolute Gasteiger partial charge is 0.482 e. The second-order valence-electron chi connectivity index (χ2n) is 5.75. The number of nitrogens with one attached hydrogen (secondary N) is 1. The van der Waals surface area contributed by atoms with Crippen molar-refractivity contribution in [2.24, 2.45) is 5.92 Å². The molecule has 1 aliphatic heterocycles.